The van der Waals surface area contributed by atoms with Crippen LogP contribution in [0.5, 0.6) is 0 Å². The van der Waals surface area contributed by atoms with Crippen molar-refractivity contribution < 1.29 is 43.7 Å². The Bertz CT molecular complexity index is 815. The molecule has 5 N–H and O–H groups in total. The molecule has 3 amide bonds. The summed E-state index contributed by atoms with van der Waals surface area (Å²) >= 11 is 0. The summed E-state index contributed by atoms with van der Waals surface area (Å²) in [5.74, 6) is -4.89. The second kappa shape index (κ2) is 12.1. The summed E-state index contributed by atoms with van der Waals surface area (Å²) in [7, 11) is 1.49. The van der Waals surface area contributed by atoms with Crippen LogP contribution in [-0.2, 0) is 19.2 Å². The number of nitrogens with one attached hydrogen (secondary N) is 2. The first-order chi connectivity index (χ1) is 14.5. The number of rotatable bonds is 12. The Kier molecular flexibility index (Phi) is 9.89. The van der Waals surface area contributed by atoms with Crippen molar-refractivity contribution in [2.24, 2.45) is 0 Å². The Morgan fingerprint density at radius 1 is 0.903 bits per heavy atom. The van der Waals surface area contributed by atoms with Crippen LogP contribution in [0.2, 0.25) is 0 Å². The quantitative estimate of drug-likeness (QED) is 0.320. The highest BCUT2D eigenvalue weighted by Gasteiger charge is 2.25. The van der Waals surface area contributed by atoms with Gasteiger partial charge in [0.05, 0.1) is 0 Å². The lowest BCUT2D eigenvalue weighted by Gasteiger charge is -2.19. The molecule has 2 atom stereocenters. The average molecular weight is 441 g/mol. The molecule has 1 aromatic rings. The molecule has 0 bridgehead atoms. The molecule has 0 heterocycles. The van der Waals surface area contributed by atoms with Crippen LogP contribution < -0.4 is 15.5 Å². The minimum atomic E-state index is -1.50. The molecule has 1 aromatic carbocycles. The maximum atomic E-state index is 13.0. The number of aliphatic carboxylic acids is 3. The summed E-state index contributed by atoms with van der Waals surface area (Å²) in [6.45, 7) is 0. The lowest BCUT2D eigenvalue weighted by molar-refractivity contribution is -0.140. The van der Waals surface area contributed by atoms with E-state index in [1.54, 1.807) is 0 Å². The molecule has 1 rings (SSSR count). The van der Waals surface area contributed by atoms with Crippen LogP contribution in [0.15, 0.2) is 24.3 Å². The molecule has 11 nitrogen and oxygen atoms in total. The van der Waals surface area contributed by atoms with E-state index in [-0.39, 0.29) is 31.6 Å². The zero-order valence-electron chi connectivity index (χ0n) is 16.7. The first-order valence-electron chi connectivity index (χ1n) is 9.27. The molecule has 0 aromatic heterocycles. The Morgan fingerprint density at radius 3 is 1.90 bits per heavy atom. The number of halogens is 1. The summed E-state index contributed by atoms with van der Waals surface area (Å²) < 4.78 is 13.0. The molecular weight excluding hydrogens is 417 g/mol. The topological polar surface area (TPSA) is 173 Å². The van der Waals surface area contributed by atoms with E-state index in [0.29, 0.717) is 5.69 Å². The van der Waals surface area contributed by atoms with Crippen molar-refractivity contribution in [3.8, 4) is 0 Å². The van der Waals surface area contributed by atoms with Crippen LogP contribution in [0.25, 0.3) is 0 Å². The van der Waals surface area contributed by atoms with E-state index in [9.17, 15) is 33.5 Å². The van der Waals surface area contributed by atoms with Gasteiger partial charge in [-0.2, -0.15) is 0 Å². The smallest absolute Gasteiger partial charge is 0.326 e. The van der Waals surface area contributed by atoms with Gasteiger partial charge in [0.1, 0.15) is 17.9 Å². The Hall–Kier alpha value is -3.70. The number of carboxylic acids is 3. The van der Waals surface area contributed by atoms with Crippen molar-refractivity contribution in [1.29, 1.82) is 0 Å². The van der Waals surface area contributed by atoms with E-state index < -0.39 is 48.3 Å². The Morgan fingerprint density at radius 2 is 1.42 bits per heavy atom. The highest BCUT2D eigenvalue weighted by atomic mass is 19.1. The van der Waals surface area contributed by atoms with Crippen LogP contribution in [-0.4, -0.2) is 64.3 Å². The number of amides is 3. The molecule has 0 aliphatic rings. The van der Waals surface area contributed by atoms with Crippen LogP contribution in [0, 0.1) is 5.82 Å². The molecule has 12 heteroatoms. The summed E-state index contributed by atoms with van der Waals surface area (Å²) in [5.41, 5.74) is 0.458. The fourth-order valence-corrected chi connectivity index (χ4v) is 2.57. The Labute approximate surface area is 176 Å². The third-order valence-electron chi connectivity index (χ3n) is 4.33. The summed E-state index contributed by atoms with van der Waals surface area (Å²) in [6, 6.07) is 1.26. The molecule has 170 valence electrons. The molecule has 0 aliphatic heterocycles. The number of benzene rings is 1. The number of urea groups is 1. The van der Waals surface area contributed by atoms with Crippen molar-refractivity contribution in [3.05, 3.63) is 30.1 Å². The molecular formula is C19H24FN3O8. The number of carbonyl (C=O) groups is 5. The van der Waals surface area contributed by atoms with Crippen LogP contribution in [0.3, 0.4) is 0 Å². The number of carboxylic acid groups (broad SMARTS) is 3. The number of hydrogen-bond donors (Lipinski definition) is 5. The highest BCUT2D eigenvalue weighted by Crippen LogP contribution is 2.15. The molecule has 31 heavy (non-hydrogen) atoms. The van der Waals surface area contributed by atoms with Gasteiger partial charge >= 0.3 is 23.9 Å². The second-order valence-corrected chi connectivity index (χ2v) is 6.65. The second-order valence-electron chi connectivity index (χ2n) is 6.65. The van der Waals surface area contributed by atoms with Gasteiger partial charge in [0.15, 0.2) is 0 Å². The van der Waals surface area contributed by atoms with Gasteiger partial charge in [-0.1, -0.05) is 0 Å². The molecule has 0 aliphatic carbocycles. The minimum Gasteiger partial charge on any atom is -0.481 e. The monoisotopic (exact) mass is 441 g/mol. The SMILES string of the molecule is CN(C(=O)CCC[C@H](NC(=O)N[C@@H](CCC(=O)O)C(=O)O)C(=O)O)c1ccc(F)cc1. The lowest BCUT2D eigenvalue weighted by atomic mass is 10.1. The van der Waals surface area contributed by atoms with Gasteiger partial charge in [0.25, 0.3) is 0 Å². The summed E-state index contributed by atoms with van der Waals surface area (Å²) in [5, 5.41) is 31.0. The fraction of sp³-hybridized carbons (Fsp3) is 0.421. The number of anilines is 1. The summed E-state index contributed by atoms with van der Waals surface area (Å²) in [6.07, 6.45) is -0.928. The number of hydrogen-bond acceptors (Lipinski definition) is 5. The zero-order chi connectivity index (χ0) is 23.6. The van der Waals surface area contributed by atoms with Crippen molar-refractivity contribution in [2.45, 2.75) is 44.2 Å². The standard InChI is InChI=1S/C19H24FN3O8/c1-23(12-7-5-11(20)6-8-12)15(24)4-2-3-13(17(27)28)21-19(31)22-14(18(29)30)9-10-16(25)26/h5-8,13-14H,2-4,9-10H2,1H3,(H,25,26)(H,27,28)(H,29,30)(H2,21,22,31)/t13-,14-/m0/s1. The molecule has 0 saturated heterocycles. The van der Waals surface area contributed by atoms with Crippen LogP contribution in [0.4, 0.5) is 14.9 Å². The van der Waals surface area contributed by atoms with Crippen molar-refractivity contribution in [3.63, 3.8) is 0 Å². The van der Waals surface area contributed by atoms with Crippen molar-refractivity contribution in [1.82, 2.24) is 10.6 Å². The van der Waals surface area contributed by atoms with Gasteiger partial charge in [0, 0.05) is 25.6 Å². The predicted molar refractivity (Wildman–Crippen MR) is 105 cm³/mol. The first kappa shape index (κ1) is 25.3. The van der Waals surface area contributed by atoms with Gasteiger partial charge in [-0.05, 0) is 43.5 Å². The number of nitrogens with zero attached hydrogens (tertiary/aromatic N) is 1. The zero-order valence-corrected chi connectivity index (χ0v) is 16.7. The van der Waals surface area contributed by atoms with Gasteiger partial charge in [-0.15, -0.1) is 0 Å². The van der Waals surface area contributed by atoms with E-state index in [0.717, 1.165) is 0 Å². The maximum Gasteiger partial charge on any atom is 0.326 e. The third-order valence-corrected chi connectivity index (χ3v) is 4.33. The largest absolute Gasteiger partial charge is 0.481 e. The lowest BCUT2D eigenvalue weighted by Crippen LogP contribution is -2.51. The molecule has 0 spiro atoms. The van der Waals surface area contributed by atoms with Gasteiger partial charge in [0.2, 0.25) is 5.91 Å². The highest BCUT2D eigenvalue weighted by molar-refractivity contribution is 5.92. The minimum absolute atomic E-state index is 0.0443. The van der Waals surface area contributed by atoms with Gasteiger partial charge in [-0.3, -0.25) is 9.59 Å². The van der Waals surface area contributed by atoms with E-state index in [1.807, 2.05) is 5.32 Å². The summed E-state index contributed by atoms with van der Waals surface area (Å²) in [4.78, 5) is 58.5. The van der Waals surface area contributed by atoms with Gasteiger partial charge in [-0.25, -0.2) is 18.8 Å². The molecule has 0 radical (unpaired) electrons. The predicted octanol–water partition coefficient (Wildman–Crippen LogP) is 1.03. The van der Waals surface area contributed by atoms with Crippen LogP contribution in [0.1, 0.15) is 32.1 Å². The van der Waals surface area contributed by atoms with E-state index >= 15 is 0 Å². The van der Waals surface area contributed by atoms with Gasteiger partial charge < -0.3 is 30.9 Å². The maximum absolute atomic E-state index is 13.0. The molecule has 0 unspecified atom stereocenters. The van der Waals surface area contributed by atoms with Crippen LogP contribution >= 0.6 is 0 Å². The molecule has 0 fully saturated rings. The van der Waals surface area contributed by atoms with E-state index in [1.165, 1.54) is 36.2 Å². The average Bonchev–Trinajstić information content (AvgIpc) is 2.69. The third kappa shape index (κ3) is 9.10. The number of carbonyl (C=O) groups excluding carboxylic acids is 2. The molecule has 0 saturated carbocycles. The fourth-order valence-electron chi connectivity index (χ4n) is 2.57. The van der Waals surface area contributed by atoms with Crippen molar-refractivity contribution >= 4 is 35.5 Å². The normalized spacial score (nSPS) is 12.3. The first-order valence-corrected chi connectivity index (χ1v) is 9.27. The van der Waals surface area contributed by atoms with E-state index in [2.05, 4.69) is 5.32 Å². The van der Waals surface area contributed by atoms with Crippen molar-refractivity contribution in [2.75, 3.05) is 11.9 Å². The Balaban J connectivity index is 2.56. The van der Waals surface area contributed by atoms with E-state index in [4.69, 9.17) is 10.2 Å².